The molecule has 0 aliphatic heterocycles. The number of benzene rings is 8. The van der Waals surface area contributed by atoms with E-state index in [0.717, 1.165) is 71.8 Å². The van der Waals surface area contributed by atoms with Gasteiger partial charge in [0.05, 0.1) is 45.8 Å². The molecule has 0 saturated carbocycles. The van der Waals surface area contributed by atoms with E-state index < -0.39 is 0 Å². The number of aromatic nitrogens is 3. The van der Waals surface area contributed by atoms with Crippen LogP contribution in [0.3, 0.4) is 0 Å². The van der Waals surface area contributed by atoms with Gasteiger partial charge in [0.1, 0.15) is 0 Å². The van der Waals surface area contributed by atoms with Crippen molar-refractivity contribution < 1.29 is 0 Å². The van der Waals surface area contributed by atoms with E-state index in [4.69, 9.17) is 6.57 Å². The van der Waals surface area contributed by atoms with Crippen LogP contribution in [0.2, 0.25) is 0 Å². The lowest BCUT2D eigenvalue weighted by Gasteiger charge is -2.14. The van der Waals surface area contributed by atoms with Gasteiger partial charge in [-0.1, -0.05) is 97.1 Å². The third kappa shape index (κ3) is 4.51. The highest BCUT2D eigenvalue weighted by Crippen LogP contribution is 2.40. The summed E-state index contributed by atoms with van der Waals surface area (Å²) in [5, 5.41) is 17.1. The molecule has 0 fully saturated rings. The van der Waals surface area contributed by atoms with Crippen LogP contribution < -0.4 is 0 Å². The molecule has 5 nitrogen and oxygen atoms in total. The van der Waals surface area contributed by atoms with E-state index in [-0.39, 0.29) is 0 Å². The van der Waals surface area contributed by atoms with Crippen LogP contribution in [0.4, 0.5) is 5.69 Å². The Morgan fingerprint density at radius 2 is 0.909 bits per heavy atom. The maximum atomic E-state index is 10.4. The fourth-order valence-corrected chi connectivity index (χ4v) is 8.75. The number of hydrogen-bond donors (Lipinski definition) is 0. The minimum Gasteiger partial charge on any atom is -0.311 e. The first-order valence-electron chi connectivity index (χ1n) is 18.3. The highest BCUT2D eigenvalue weighted by molar-refractivity contribution is 6.15. The van der Waals surface area contributed by atoms with Gasteiger partial charge in [0.2, 0.25) is 0 Å². The van der Waals surface area contributed by atoms with Crippen molar-refractivity contribution in [1.82, 2.24) is 13.7 Å². The first kappa shape index (κ1) is 30.7. The highest BCUT2D eigenvalue weighted by atomic mass is 15.0. The van der Waals surface area contributed by atoms with E-state index in [1.807, 2.05) is 36.4 Å². The molecule has 11 aromatic rings. The molecule has 8 aromatic carbocycles. The second kappa shape index (κ2) is 11.8. The summed E-state index contributed by atoms with van der Waals surface area (Å²) in [4.78, 5) is 3.86. The fraction of sp³-hybridized carbons (Fsp3) is 0. The summed E-state index contributed by atoms with van der Waals surface area (Å²) in [6, 6.07) is 63.7. The monoisotopic (exact) mass is 699 g/mol. The topological polar surface area (TPSA) is 42.9 Å². The van der Waals surface area contributed by atoms with Crippen LogP contribution in [0.1, 0.15) is 5.56 Å². The molecule has 55 heavy (non-hydrogen) atoms. The number of para-hydroxylation sites is 4. The van der Waals surface area contributed by atoms with E-state index in [9.17, 15) is 5.26 Å². The fourth-order valence-electron chi connectivity index (χ4n) is 8.75. The van der Waals surface area contributed by atoms with Crippen LogP contribution in [0.15, 0.2) is 176 Å². The molecule has 0 atom stereocenters. The minimum atomic E-state index is 0.587. The second-order valence-corrected chi connectivity index (χ2v) is 14.0. The SMILES string of the molecule is [C-]#[N+]c1cccc2c1c1ccccc1n2-c1cccc(-c2cc(C#N)cc(-n3c4ccccc4c4cc(-n5c6ccccc6c6ccccc65)ccc43)c2)c1. The van der Waals surface area contributed by atoms with Crippen molar-refractivity contribution in [3.05, 3.63) is 193 Å². The van der Waals surface area contributed by atoms with Crippen LogP contribution in [0.5, 0.6) is 0 Å². The van der Waals surface area contributed by atoms with Crippen LogP contribution in [-0.4, -0.2) is 13.7 Å². The summed E-state index contributed by atoms with van der Waals surface area (Å²) < 4.78 is 6.88. The Kier molecular flexibility index (Phi) is 6.61. The normalized spacial score (nSPS) is 11.6. The van der Waals surface area contributed by atoms with E-state index >= 15 is 0 Å². The molecule has 0 N–H and O–H groups in total. The predicted molar refractivity (Wildman–Crippen MR) is 226 cm³/mol. The van der Waals surface area contributed by atoms with Crippen molar-refractivity contribution in [2.75, 3.05) is 0 Å². The van der Waals surface area contributed by atoms with E-state index in [1.54, 1.807) is 0 Å². The van der Waals surface area contributed by atoms with Gasteiger partial charge in [0, 0.05) is 49.5 Å². The van der Waals surface area contributed by atoms with Crippen LogP contribution in [0, 0.1) is 17.9 Å². The maximum Gasteiger partial charge on any atom is 0.197 e. The Morgan fingerprint density at radius 3 is 1.58 bits per heavy atom. The summed E-state index contributed by atoms with van der Waals surface area (Å²) in [6.45, 7) is 7.87. The van der Waals surface area contributed by atoms with Gasteiger partial charge in [-0.3, -0.25) is 0 Å². The van der Waals surface area contributed by atoms with Crippen molar-refractivity contribution in [3.63, 3.8) is 0 Å². The van der Waals surface area contributed by atoms with Crippen molar-refractivity contribution in [3.8, 4) is 34.3 Å². The van der Waals surface area contributed by atoms with Crippen molar-refractivity contribution in [2.24, 2.45) is 0 Å². The van der Waals surface area contributed by atoms with Gasteiger partial charge in [-0.25, -0.2) is 4.85 Å². The van der Waals surface area contributed by atoms with Crippen molar-refractivity contribution in [2.45, 2.75) is 0 Å². The molecule has 3 aromatic heterocycles. The zero-order valence-corrected chi connectivity index (χ0v) is 29.5. The van der Waals surface area contributed by atoms with E-state index in [2.05, 4.69) is 164 Å². The number of nitrogens with zero attached hydrogens (tertiary/aromatic N) is 5. The summed E-state index contributed by atoms with van der Waals surface area (Å²) >= 11 is 0. The number of rotatable bonds is 4. The lowest BCUT2D eigenvalue weighted by Crippen LogP contribution is -1.98. The lowest BCUT2D eigenvalue weighted by molar-refractivity contribution is 1.16. The Balaban J connectivity index is 1.10. The third-order valence-electron chi connectivity index (χ3n) is 11.0. The first-order valence-corrected chi connectivity index (χ1v) is 18.3. The van der Waals surface area contributed by atoms with Gasteiger partial charge in [-0.05, 0) is 95.4 Å². The molecule has 0 aliphatic rings. The molecule has 254 valence electrons. The van der Waals surface area contributed by atoms with Crippen molar-refractivity contribution in [1.29, 1.82) is 5.26 Å². The molecule has 0 bridgehead atoms. The number of hydrogen-bond acceptors (Lipinski definition) is 1. The Labute approximate surface area is 316 Å². The second-order valence-electron chi connectivity index (χ2n) is 14.0. The third-order valence-corrected chi connectivity index (χ3v) is 11.0. The quantitative estimate of drug-likeness (QED) is 0.169. The summed E-state index contributed by atoms with van der Waals surface area (Å²) in [7, 11) is 0. The average molecular weight is 700 g/mol. The van der Waals surface area contributed by atoms with Gasteiger partial charge < -0.3 is 13.7 Å². The number of fused-ring (bicyclic) bond motifs is 9. The van der Waals surface area contributed by atoms with Gasteiger partial charge in [-0.15, -0.1) is 0 Å². The molecule has 0 aliphatic carbocycles. The average Bonchev–Trinajstić information content (AvgIpc) is 3.89. The largest absolute Gasteiger partial charge is 0.311 e. The minimum absolute atomic E-state index is 0.587. The molecule has 0 saturated heterocycles. The van der Waals surface area contributed by atoms with Gasteiger partial charge in [0.25, 0.3) is 0 Å². The Morgan fingerprint density at radius 1 is 0.400 bits per heavy atom. The molecular formula is C50H29N5. The summed E-state index contributed by atoms with van der Waals surface area (Å²) in [5.74, 6) is 0. The molecular weight excluding hydrogens is 671 g/mol. The predicted octanol–water partition coefficient (Wildman–Crippen LogP) is 13.1. The molecule has 11 rings (SSSR count). The van der Waals surface area contributed by atoms with Crippen LogP contribution >= 0.6 is 0 Å². The lowest BCUT2D eigenvalue weighted by atomic mass is 10.0. The van der Waals surface area contributed by atoms with Gasteiger partial charge in [-0.2, -0.15) is 5.26 Å². The van der Waals surface area contributed by atoms with E-state index in [0.29, 0.717) is 11.3 Å². The Bertz CT molecular complexity index is 3420. The zero-order chi connectivity index (χ0) is 36.6. The first-order chi connectivity index (χ1) is 27.2. The van der Waals surface area contributed by atoms with Crippen LogP contribution in [0.25, 0.3) is 98.5 Å². The maximum absolute atomic E-state index is 10.4. The Hall–Kier alpha value is -7.86. The van der Waals surface area contributed by atoms with Gasteiger partial charge in [0.15, 0.2) is 5.69 Å². The molecule has 3 heterocycles. The molecule has 5 heteroatoms. The molecule has 0 radical (unpaired) electrons. The van der Waals surface area contributed by atoms with Crippen molar-refractivity contribution >= 4 is 71.1 Å². The molecule has 0 unspecified atom stereocenters. The summed E-state index contributed by atoms with van der Waals surface area (Å²) in [6.07, 6.45) is 0. The standard InChI is InChI=1S/C50H29N5/c1-52-43-18-11-23-49-50(43)41-17-5-9-22-47(41)54(49)35-13-10-12-33(28-35)34-26-32(31-51)27-37(29-34)55-46-21-8-4-16-40(46)42-30-36(24-25-48(42)55)53-44-19-6-2-14-38(44)39-15-3-7-20-45(39)53/h2-30H. The zero-order valence-electron chi connectivity index (χ0n) is 29.5. The van der Waals surface area contributed by atoms with Gasteiger partial charge >= 0.3 is 0 Å². The highest BCUT2D eigenvalue weighted by Gasteiger charge is 2.19. The molecule has 0 amide bonds. The van der Waals surface area contributed by atoms with Crippen LogP contribution in [-0.2, 0) is 0 Å². The summed E-state index contributed by atoms with van der Waals surface area (Å²) in [5.41, 5.74) is 12.7. The van der Waals surface area contributed by atoms with E-state index in [1.165, 1.54) is 21.8 Å². The smallest absolute Gasteiger partial charge is 0.197 e. The number of nitriles is 1. The molecule has 0 spiro atoms.